The molecule has 2 amide bonds. The van der Waals surface area contributed by atoms with Crippen LogP contribution in [0, 0.1) is 0 Å². The average Bonchev–Trinajstić information content (AvgIpc) is 3.20. The molecule has 0 spiro atoms. The molecule has 2 N–H and O–H groups in total. The fraction of sp³-hybridized carbons (Fsp3) is 0.333. The minimum absolute atomic E-state index is 0.272. The number of aryl methyl sites for hydroxylation is 2. The predicted octanol–water partition coefficient (Wildman–Crippen LogP) is 3.47. The van der Waals surface area contributed by atoms with Crippen LogP contribution < -0.4 is 10.9 Å². The smallest absolute Gasteiger partial charge is 0.279 e. The fourth-order valence-electron chi connectivity index (χ4n) is 2.72. The summed E-state index contributed by atoms with van der Waals surface area (Å²) in [6, 6.07) is 5.44. The normalized spacial score (nSPS) is 14.7. The minimum atomic E-state index is -0.408. The number of carbonyl (C=O) groups is 2. The molecule has 126 valence electrons. The number of nitrogens with one attached hydrogen (secondary N) is 2. The second-order valence-corrected chi connectivity index (χ2v) is 6.90. The highest BCUT2D eigenvalue weighted by atomic mass is 32.1. The SMILES string of the molecule is O=C(/C=C/c1ccco1)NNC(=O)c1cc2c(s1)CCCCCC2. The van der Waals surface area contributed by atoms with Gasteiger partial charge in [-0.25, -0.2) is 0 Å². The monoisotopic (exact) mass is 344 g/mol. The van der Waals surface area contributed by atoms with Crippen LogP contribution in [0.1, 0.15) is 51.6 Å². The molecular weight excluding hydrogens is 324 g/mol. The molecule has 0 bridgehead atoms. The molecule has 5 nitrogen and oxygen atoms in total. The van der Waals surface area contributed by atoms with E-state index in [1.54, 1.807) is 18.2 Å². The summed E-state index contributed by atoms with van der Waals surface area (Å²) >= 11 is 1.53. The van der Waals surface area contributed by atoms with Gasteiger partial charge in [-0.1, -0.05) is 12.8 Å². The Hall–Kier alpha value is -2.34. The Labute approximate surface area is 144 Å². The van der Waals surface area contributed by atoms with E-state index in [4.69, 9.17) is 4.42 Å². The summed E-state index contributed by atoms with van der Waals surface area (Å²) in [7, 11) is 0. The molecule has 0 aliphatic heterocycles. The molecular formula is C18H20N2O3S. The zero-order chi connectivity index (χ0) is 16.8. The van der Waals surface area contributed by atoms with Crippen molar-refractivity contribution in [2.24, 2.45) is 0 Å². The lowest BCUT2D eigenvalue weighted by Crippen LogP contribution is -2.40. The first-order valence-corrected chi connectivity index (χ1v) is 8.97. The third kappa shape index (κ3) is 4.35. The molecule has 2 heterocycles. The molecule has 6 heteroatoms. The quantitative estimate of drug-likeness (QED) is 0.661. The molecule has 0 fully saturated rings. The van der Waals surface area contributed by atoms with Crippen molar-refractivity contribution in [2.45, 2.75) is 38.5 Å². The Kier molecular flexibility index (Phi) is 5.48. The maximum absolute atomic E-state index is 12.2. The van der Waals surface area contributed by atoms with Crippen molar-refractivity contribution >= 4 is 29.2 Å². The van der Waals surface area contributed by atoms with Crippen molar-refractivity contribution in [1.82, 2.24) is 10.9 Å². The Bertz CT molecular complexity index is 706. The molecule has 24 heavy (non-hydrogen) atoms. The van der Waals surface area contributed by atoms with E-state index in [0.29, 0.717) is 10.6 Å². The van der Waals surface area contributed by atoms with E-state index in [1.807, 2.05) is 6.07 Å². The fourth-order valence-corrected chi connectivity index (χ4v) is 3.87. The highest BCUT2D eigenvalue weighted by Crippen LogP contribution is 2.28. The van der Waals surface area contributed by atoms with Crippen LogP contribution in [-0.4, -0.2) is 11.8 Å². The largest absolute Gasteiger partial charge is 0.465 e. The van der Waals surface area contributed by atoms with Crippen LogP contribution >= 0.6 is 11.3 Å². The van der Waals surface area contributed by atoms with Gasteiger partial charge in [0, 0.05) is 11.0 Å². The summed E-state index contributed by atoms with van der Waals surface area (Å²) in [5.74, 6) is -0.101. The van der Waals surface area contributed by atoms with E-state index in [-0.39, 0.29) is 5.91 Å². The van der Waals surface area contributed by atoms with Crippen molar-refractivity contribution in [3.8, 4) is 0 Å². The van der Waals surface area contributed by atoms with E-state index in [9.17, 15) is 9.59 Å². The van der Waals surface area contributed by atoms with Crippen LogP contribution in [0.5, 0.6) is 0 Å². The molecule has 1 aliphatic carbocycles. The second-order valence-electron chi connectivity index (χ2n) is 5.77. The number of hydrazine groups is 1. The molecule has 1 aliphatic rings. The molecule has 0 saturated carbocycles. The summed E-state index contributed by atoms with van der Waals surface area (Å²) < 4.78 is 5.09. The molecule has 0 aromatic carbocycles. The van der Waals surface area contributed by atoms with Crippen LogP contribution in [0.25, 0.3) is 6.08 Å². The summed E-state index contributed by atoms with van der Waals surface area (Å²) in [6.45, 7) is 0. The maximum Gasteiger partial charge on any atom is 0.279 e. The Morgan fingerprint density at radius 2 is 1.96 bits per heavy atom. The van der Waals surface area contributed by atoms with Gasteiger partial charge in [0.25, 0.3) is 11.8 Å². The van der Waals surface area contributed by atoms with Gasteiger partial charge in [0.05, 0.1) is 11.1 Å². The molecule has 0 saturated heterocycles. The van der Waals surface area contributed by atoms with Gasteiger partial charge >= 0.3 is 0 Å². The molecule has 0 radical (unpaired) electrons. The third-order valence-electron chi connectivity index (χ3n) is 3.96. The van der Waals surface area contributed by atoms with Crippen LogP contribution in [0.4, 0.5) is 0 Å². The van der Waals surface area contributed by atoms with Crippen molar-refractivity contribution in [3.63, 3.8) is 0 Å². The van der Waals surface area contributed by atoms with Gasteiger partial charge in [-0.05, 0) is 55.5 Å². The summed E-state index contributed by atoms with van der Waals surface area (Å²) in [4.78, 5) is 25.9. The van der Waals surface area contributed by atoms with Crippen molar-refractivity contribution < 1.29 is 14.0 Å². The van der Waals surface area contributed by atoms with E-state index in [0.717, 1.165) is 12.8 Å². The molecule has 2 aromatic rings. The summed E-state index contributed by atoms with van der Waals surface area (Å²) in [5.41, 5.74) is 6.13. The number of carbonyl (C=O) groups excluding carboxylic acids is 2. The van der Waals surface area contributed by atoms with Gasteiger partial charge in [-0.2, -0.15) is 0 Å². The predicted molar refractivity (Wildman–Crippen MR) is 93.5 cm³/mol. The number of thiophene rings is 1. The first-order chi connectivity index (χ1) is 11.7. The van der Waals surface area contributed by atoms with Gasteiger partial charge in [-0.3, -0.25) is 20.4 Å². The lowest BCUT2D eigenvalue weighted by molar-refractivity contribution is -0.117. The summed E-state index contributed by atoms with van der Waals surface area (Å²) in [5, 5.41) is 0. The highest BCUT2D eigenvalue weighted by molar-refractivity contribution is 7.14. The Morgan fingerprint density at radius 1 is 1.12 bits per heavy atom. The molecule has 0 atom stereocenters. The van der Waals surface area contributed by atoms with Crippen LogP contribution in [0.3, 0.4) is 0 Å². The number of furan rings is 1. The van der Waals surface area contributed by atoms with E-state index >= 15 is 0 Å². The van der Waals surface area contributed by atoms with Crippen molar-refractivity contribution in [2.75, 3.05) is 0 Å². The number of rotatable bonds is 3. The van der Waals surface area contributed by atoms with E-state index in [2.05, 4.69) is 10.9 Å². The Morgan fingerprint density at radius 3 is 2.75 bits per heavy atom. The number of hydrogen-bond donors (Lipinski definition) is 2. The van der Waals surface area contributed by atoms with Gasteiger partial charge in [-0.15, -0.1) is 11.3 Å². The third-order valence-corrected chi connectivity index (χ3v) is 5.20. The standard InChI is InChI=1S/C18H20N2O3S/c21-17(10-9-14-7-5-11-23-14)19-20-18(22)16-12-13-6-3-1-2-4-8-15(13)24-16/h5,7,9-12H,1-4,6,8H2,(H,19,21)(H,20,22)/b10-9+. The number of hydrogen-bond acceptors (Lipinski definition) is 4. The molecule has 3 rings (SSSR count). The zero-order valence-corrected chi connectivity index (χ0v) is 14.2. The second kappa shape index (κ2) is 7.97. The summed E-state index contributed by atoms with van der Waals surface area (Å²) in [6.07, 6.45) is 11.4. The first kappa shape index (κ1) is 16.5. The lowest BCUT2D eigenvalue weighted by atomic mass is 10.00. The van der Waals surface area contributed by atoms with Gasteiger partial charge in [0.15, 0.2) is 0 Å². The van der Waals surface area contributed by atoms with Gasteiger partial charge < -0.3 is 4.42 Å². The maximum atomic E-state index is 12.2. The minimum Gasteiger partial charge on any atom is -0.465 e. The van der Waals surface area contributed by atoms with Crippen molar-refractivity contribution in [3.05, 3.63) is 51.6 Å². The molecule has 2 aromatic heterocycles. The van der Waals surface area contributed by atoms with Crippen LogP contribution in [0.15, 0.2) is 35.0 Å². The van der Waals surface area contributed by atoms with E-state index < -0.39 is 5.91 Å². The Balaban J connectivity index is 1.55. The highest BCUT2D eigenvalue weighted by Gasteiger charge is 2.16. The zero-order valence-electron chi connectivity index (χ0n) is 13.3. The van der Waals surface area contributed by atoms with Crippen LogP contribution in [-0.2, 0) is 17.6 Å². The first-order valence-electron chi connectivity index (χ1n) is 8.16. The average molecular weight is 344 g/mol. The molecule has 0 unspecified atom stereocenters. The number of amides is 2. The van der Waals surface area contributed by atoms with Gasteiger partial charge in [0.2, 0.25) is 0 Å². The lowest BCUT2D eigenvalue weighted by Gasteiger charge is -2.07. The van der Waals surface area contributed by atoms with E-state index in [1.165, 1.54) is 59.8 Å². The van der Waals surface area contributed by atoms with Crippen LogP contribution in [0.2, 0.25) is 0 Å². The van der Waals surface area contributed by atoms with Crippen molar-refractivity contribution in [1.29, 1.82) is 0 Å². The van der Waals surface area contributed by atoms with Gasteiger partial charge in [0.1, 0.15) is 5.76 Å². The number of fused-ring (bicyclic) bond motifs is 1. The topological polar surface area (TPSA) is 71.3 Å².